The van der Waals surface area contributed by atoms with Crippen LogP contribution in [0.3, 0.4) is 0 Å². The molecule has 0 radical (unpaired) electrons. The number of amides is 1. The summed E-state index contributed by atoms with van der Waals surface area (Å²) in [5, 5.41) is 12.5. The zero-order valence-corrected chi connectivity index (χ0v) is 12.9. The first-order chi connectivity index (χ1) is 11.0. The Kier molecular flexibility index (Phi) is 4.30. The Bertz CT molecular complexity index is 702. The number of likely N-dealkylation sites (N-methyl/N-ethyl adjacent to an activating group) is 1. The maximum atomic E-state index is 13.1. The van der Waals surface area contributed by atoms with Crippen molar-refractivity contribution in [2.45, 2.75) is 18.5 Å². The van der Waals surface area contributed by atoms with Gasteiger partial charge in [0.05, 0.1) is 12.1 Å². The quantitative estimate of drug-likeness (QED) is 0.916. The maximum Gasteiger partial charge on any atom is 0.251 e. The molecule has 2 N–H and O–H groups in total. The lowest BCUT2D eigenvalue weighted by Gasteiger charge is -2.26. The molecule has 23 heavy (non-hydrogen) atoms. The van der Waals surface area contributed by atoms with Crippen LogP contribution in [-0.2, 0) is 0 Å². The Labute approximate surface area is 134 Å². The van der Waals surface area contributed by atoms with E-state index in [1.807, 2.05) is 7.05 Å². The van der Waals surface area contributed by atoms with E-state index in [2.05, 4.69) is 10.2 Å². The molecule has 1 aliphatic rings. The molecule has 2 atom stereocenters. The summed E-state index contributed by atoms with van der Waals surface area (Å²) in [6, 6.07) is 12.6. The van der Waals surface area contributed by atoms with E-state index in [1.54, 1.807) is 24.3 Å². The number of phenols is 1. The van der Waals surface area contributed by atoms with Crippen LogP contribution in [0.5, 0.6) is 5.75 Å². The van der Waals surface area contributed by atoms with Crippen molar-refractivity contribution in [1.82, 2.24) is 10.2 Å². The molecule has 120 valence electrons. The van der Waals surface area contributed by atoms with E-state index < -0.39 is 0 Å². The van der Waals surface area contributed by atoms with Gasteiger partial charge in [-0.25, -0.2) is 4.39 Å². The standard InChI is InChI=1S/C18H19FN2O2/c1-21-10-9-16(17(21)12-5-7-14(19)8-6-12)20-18(23)13-3-2-4-15(22)11-13/h2-8,11,16-17,22H,9-10H2,1H3,(H,20,23)/t16-,17+/m0/s1. The van der Waals surface area contributed by atoms with Crippen LogP contribution in [0.4, 0.5) is 4.39 Å². The monoisotopic (exact) mass is 314 g/mol. The number of phenolic OH excluding ortho intramolecular Hbond substituents is 1. The molecular weight excluding hydrogens is 295 g/mol. The summed E-state index contributed by atoms with van der Waals surface area (Å²) in [6.45, 7) is 0.854. The predicted octanol–water partition coefficient (Wildman–Crippen LogP) is 2.71. The van der Waals surface area contributed by atoms with Crippen molar-refractivity contribution < 1.29 is 14.3 Å². The first kappa shape index (κ1) is 15.5. The van der Waals surface area contributed by atoms with Crippen LogP contribution < -0.4 is 5.32 Å². The molecule has 2 aromatic carbocycles. The van der Waals surface area contributed by atoms with Crippen molar-refractivity contribution >= 4 is 5.91 Å². The number of halogens is 1. The number of hydrogen-bond acceptors (Lipinski definition) is 3. The molecule has 0 spiro atoms. The van der Waals surface area contributed by atoms with Gasteiger partial charge in [0, 0.05) is 12.1 Å². The van der Waals surface area contributed by atoms with Gasteiger partial charge in [0.25, 0.3) is 5.91 Å². The Balaban J connectivity index is 1.78. The molecule has 0 unspecified atom stereocenters. The zero-order valence-electron chi connectivity index (χ0n) is 12.9. The number of aromatic hydroxyl groups is 1. The third-order valence-corrected chi connectivity index (χ3v) is 4.29. The number of carbonyl (C=O) groups excluding carboxylic acids is 1. The fourth-order valence-corrected chi connectivity index (χ4v) is 3.14. The van der Waals surface area contributed by atoms with Crippen LogP contribution in [0.15, 0.2) is 48.5 Å². The third kappa shape index (κ3) is 3.35. The summed E-state index contributed by atoms with van der Waals surface area (Å²) in [4.78, 5) is 14.5. The molecule has 0 saturated carbocycles. The Morgan fingerprint density at radius 1 is 1.26 bits per heavy atom. The van der Waals surface area contributed by atoms with Crippen LogP contribution in [0, 0.1) is 5.82 Å². The highest BCUT2D eigenvalue weighted by atomic mass is 19.1. The number of benzene rings is 2. The molecule has 4 nitrogen and oxygen atoms in total. The van der Waals surface area contributed by atoms with Crippen molar-refractivity contribution in [3.05, 3.63) is 65.5 Å². The molecular formula is C18H19FN2O2. The second-order valence-corrected chi connectivity index (χ2v) is 5.90. The fraction of sp³-hybridized carbons (Fsp3) is 0.278. The minimum atomic E-state index is -0.269. The number of likely N-dealkylation sites (tertiary alicyclic amines) is 1. The zero-order chi connectivity index (χ0) is 16.4. The number of hydrogen-bond donors (Lipinski definition) is 2. The van der Waals surface area contributed by atoms with Gasteiger partial charge >= 0.3 is 0 Å². The molecule has 0 bridgehead atoms. The van der Waals surface area contributed by atoms with E-state index >= 15 is 0 Å². The molecule has 0 aliphatic carbocycles. The van der Waals surface area contributed by atoms with Gasteiger partial charge in [0.15, 0.2) is 0 Å². The highest BCUT2D eigenvalue weighted by Crippen LogP contribution is 2.31. The first-order valence-electron chi connectivity index (χ1n) is 7.60. The molecule has 1 amide bonds. The van der Waals surface area contributed by atoms with E-state index in [0.717, 1.165) is 18.5 Å². The summed E-state index contributed by atoms with van der Waals surface area (Å²) < 4.78 is 13.1. The van der Waals surface area contributed by atoms with Gasteiger partial charge in [-0.05, 0) is 49.4 Å². The van der Waals surface area contributed by atoms with Gasteiger partial charge in [-0.1, -0.05) is 18.2 Å². The summed E-state index contributed by atoms with van der Waals surface area (Å²) in [5.41, 5.74) is 1.41. The first-order valence-corrected chi connectivity index (χ1v) is 7.60. The van der Waals surface area contributed by atoms with Gasteiger partial charge in [0.1, 0.15) is 11.6 Å². The van der Waals surface area contributed by atoms with Crippen LogP contribution in [0.25, 0.3) is 0 Å². The Morgan fingerprint density at radius 3 is 2.70 bits per heavy atom. The summed E-state index contributed by atoms with van der Waals surface area (Å²) in [7, 11) is 1.99. The molecule has 1 fully saturated rings. The van der Waals surface area contributed by atoms with Crippen molar-refractivity contribution in [2.24, 2.45) is 0 Å². The summed E-state index contributed by atoms with van der Waals surface area (Å²) in [5.74, 6) is -0.417. The molecule has 1 saturated heterocycles. The van der Waals surface area contributed by atoms with Gasteiger partial charge in [-0.2, -0.15) is 0 Å². The lowest BCUT2D eigenvalue weighted by atomic mass is 9.99. The number of rotatable bonds is 3. The number of carbonyl (C=O) groups is 1. The van der Waals surface area contributed by atoms with E-state index in [4.69, 9.17) is 0 Å². The SMILES string of the molecule is CN1CC[C@H](NC(=O)c2cccc(O)c2)[C@H]1c1ccc(F)cc1. The Hall–Kier alpha value is -2.40. The topological polar surface area (TPSA) is 52.6 Å². The minimum absolute atomic E-state index is 0.0110. The van der Waals surface area contributed by atoms with Crippen molar-refractivity contribution in [1.29, 1.82) is 0 Å². The third-order valence-electron chi connectivity index (χ3n) is 4.29. The summed E-state index contributed by atoms with van der Waals surface area (Å²) in [6.07, 6.45) is 0.823. The molecule has 2 aromatic rings. The lowest BCUT2D eigenvalue weighted by Crippen LogP contribution is -2.38. The molecule has 1 aliphatic heterocycles. The second-order valence-electron chi connectivity index (χ2n) is 5.90. The van der Waals surface area contributed by atoms with Crippen molar-refractivity contribution in [3.63, 3.8) is 0 Å². The molecule has 5 heteroatoms. The lowest BCUT2D eigenvalue weighted by molar-refractivity contribution is 0.0927. The van der Waals surface area contributed by atoms with Gasteiger partial charge in [-0.15, -0.1) is 0 Å². The van der Waals surface area contributed by atoms with Crippen LogP contribution >= 0.6 is 0 Å². The minimum Gasteiger partial charge on any atom is -0.508 e. The van der Waals surface area contributed by atoms with Crippen LogP contribution in [-0.4, -0.2) is 35.5 Å². The number of nitrogens with one attached hydrogen (secondary N) is 1. The van der Waals surface area contributed by atoms with Crippen molar-refractivity contribution in [2.75, 3.05) is 13.6 Å². The average Bonchev–Trinajstić information content (AvgIpc) is 2.89. The van der Waals surface area contributed by atoms with E-state index in [9.17, 15) is 14.3 Å². The van der Waals surface area contributed by atoms with Crippen molar-refractivity contribution in [3.8, 4) is 5.75 Å². The average molecular weight is 314 g/mol. The highest BCUT2D eigenvalue weighted by molar-refractivity contribution is 5.94. The predicted molar refractivity (Wildman–Crippen MR) is 85.7 cm³/mol. The molecule has 3 rings (SSSR count). The van der Waals surface area contributed by atoms with Crippen LogP contribution in [0.1, 0.15) is 28.4 Å². The fourth-order valence-electron chi connectivity index (χ4n) is 3.14. The largest absolute Gasteiger partial charge is 0.508 e. The smallest absolute Gasteiger partial charge is 0.251 e. The maximum absolute atomic E-state index is 13.1. The van der Waals surface area contributed by atoms with E-state index in [0.29, 0.717) is 5.56 Å². The molecule has 1 heterocycles. The van der Waals surface area contributed by atoms with E-state index in [-0.39, 0.29) is 29.6 Å². The van der Waals surface area contributed by atoms with Gasteiger partial charge < -0.3 is 10.4 Å². The Morgan fingerprint density at radius 2 is 2.00 bits per heavy atom. The summed E-state index contributed by atoms with van der Waals surface area (Å²) >= 11 is 0. The molecule has 0 aromatic heterocycles. The highest BCUT2D eigenvalue weighted by Gasteiger charge is 2.34. The van der Waals surface area contributed by atoms with Gasteiger partial charge in [0.2, 0.25) is 0 Å². The number of nitrogens with zero attached hydrogens (tertiary/aromatic N) is 1. The van der Waals surface area contributed by atoms with Crippen LogP contribution in [0.2, 0.25) is 0 Å². The normalized spacial score (nSPS) is 21.3. The van der Waals surface area contributed by atoms with E-state index in [1.165, 1.54) is 24.3 Å². The second kappa shape index (κ2) is 6.38. The van der Waals surface area contributed by atoms with Gasteiger partial charge in [-0.3, -0.25) is 9.69 Å².